The van der Waals surface area contributed by atoms with Crippen LogP contribution in [0.15, 0.2) is 34.8 Å². The van der Waals surface area contributed by atoms with Crippen molar-refractivity contribution in [1.82, 2.24) is 10.2 Å². The van der Waals surface area contributed by atoms with Gasteiger partial charge in [0.05, 0.1) is 27.4 Å². The van der Waals surface area contributed by atoms with E-state index in [1.54, 1.807) is 21.3 Å². The third-order valence-corrected chi connectivity index (χ3v) is 4.26. The second kappa shape index (κ2) is 9.93. The largest absolute Gasteiger partial charge is 0.497 e. The Morgan fingerprint density at radius 3 is 2.80 bits per heavy atom. The Labute approximate surface area is 150 Å². The van der Waals surface area contributed by atoms with E-state index >= 15 is 0 Å². The van der Waals surface area contributed by atoms with E-state index in [1.165, 1.54) is 5.57 Å². The molecule has 0 fully saturated rings. The zero-order valence-corrected chi connectivity index (χ0v) is 15.7. The number of benzene rings is 1. The lowest BCUT2D eigenvalue weighted by molar-refractivity contribution is 0.153. The van der Waals surface area contributed by atoms with Crippen LogP contribution in [0.1, 0.15) is 18.4 Å². The maximum absolute atomic E-state index is 5.48. The molecule has 138 valence electrons. The number of guanidine groups is 1. The highest BCUT2D eigenvalue weighted by Gasteiger charge is 2.11. The monoisotopic (exact) mass is 347 g/mol. The summed E-state index contributed by atoms with van der Waals surface area (Å²) < 4.78 is 16.1. The van der Waals surface area contributed by atoms with Crippen LogP contribution in [-0.4, -0.2) is 58.9 Å². The third kappa shape index (κ3) is 5.67. The Bertz CT molecular complexity index is 614. The fourth-order valence-electron chi connectivity index (χ4n) is 2.82. The number of nitrogens with zero attached hydrogens (tertiary/aromatic N) is 2. The standard InChI is InChI=1S/C19H29N3O3/c1-20-19(21-10-7-15-8-11-25-12-9-15)22(2)14-16-5-6-17(23-3)13-18(16)24-4/h5-6,8,13H,7,9-12,14H2,1-4H3,(H,20,21). The minimum absolute atomic E-state index is 0.698. The molecule has 1 aliphatic heterocycles. The Hall–Kier alpha value is -2.21. The van der Waals surface area contributed by atoms with Crippen LogP contribution in [0.3, 0.4) is 0 Å². The fourth-order valence-corrected chi connectivity index (χ4v) is 2.82. The molecule has 1 aliphatic rings. The highest BCUT2D eigenvalue weighted by Crippen LogP contribution is 2.25. The Kier molecular flexibility index (Phi) is 7.60. The van der Waals surface area contributed by atoms with Crippen molar-refractivity contribution in [2.45, 2.75) is 19.4 Å². The first-order chi connectivity index (χ1) is 12.2. The van der Waals surface area contributed by atoms with E-state index in [-0.39, 0.29) is 0 Å². The Morgan fingerprint density at radius 2 is 2.16 bits per heavy atom. The number of rotatable bonds is 7. The minimum Gasteiger partial charge on any atom is -0.497 e. The summed E-state index contributed by atoms with van der Waals surface area (Å²) >= 11 is 0. The van der Waals surface area contributed by atoms with Crippen LogP contribution in [0.2, 0.25) is 0 Å². The van der Waals surface area contributed by atoms with Crippen molar-refractivity contribution in [3.63, 3.8) is 0 Å². The van der Waals surface area contributed by atoms with Crippen molar-refractivity contribution in [3.05, 3.63) is 35.4 Å². The fraction of sp³-hybridized carbons (Fsp3) is 0.526. The molecule has 0 atom stereocenters. The van der Waals surface area contributed by atoms with Crippen molar-refractivity contribution in [1.29, 1.82) is 0 Å². The van der Waals surface area contributed by atoms with Crippen molar-refractivity contribution in [3.8, 4) is 11.5 Å². The molecule has 0 saturated heterocycles. The molecule has 1 N–H and O–H groups in total. The number of nitrogens with one attached hydrogen (secondary N) is 1. The van der Waals surface area contributed by atoms with E-state index in [0.29, 0.717) is 6.54 Å². The number of ether oxygens (including phenoxy) is 3. The maximum Gasteiger partial charge on any atom is 0.193 e. The first-order valence-corrected chi connectivity index (χ1v) is 8.56. The van der Waals surface area contributed by atoms with Crippen molar-refractivity contribution < 1.29 is 14.2 Å². The molecule has 0 aliphatic carbocycles. The van der Waals surface area contributed by atoms with Crippen LogP contribution in [-0.2, 0) is 11.3 Å². The highest BCUT2D eigenvalue weighted by atomic mass is 16.5. The Morgan fingerprint density at radius 1 is 1.32 bits per heavy atom. The number of aliphatic imine (C=N–C) groups is 1. The van der Waals surface area contributed by atoms with Gasteiger partial charge in [-0.3, -0.25) is 4.99 Å². The summed E-state index contributed by atoms with van der Waals surface area (Å²) in [5.74, 6) is 2.47. The van der Waals surface area contributed by atoms with Crippen LogP contribution < -0.4 is 14.8 Å². The lowest BCUT2D eigenvalue weighted by Crippen LogP contribution is -2.39. The molecule has 25 heavy (non-hydrogen) atoms. The topological polar surface area (TPSA) is 55.3 Å². The van der Waals surface area contributed by atoms with Gasteiger partial charge in [-0.05, 0) is 25.0 Å². The average molecular weight is 347 g/mol. The number of methoxy groups -OCH3 is 2. The van der Waals surface area contributed by atoms with Crippen LogP contribution >= 0.6 is 0 Å². The van der Waals surface area contributed by atoms with Gasteiger partial charge in [0.15, 0.2) is 5.96 Å². The molecule has 6 nitrogen and oxygen atoms in total. The van der Waals surface area contributed by atoms with E-state index in [0.717, 1.165) is 55.6 Å². The summed E-state index contributed by atoms with van der Waals surface area (Å²) in [4.78, 5) is 6.46. The summed E-state index contributed by atoms with van der Waals surface area (Å²) in [6, 6.07) is 5.87. The predicted octanol–water partition coefficient (Wildman–Crippen LogP) is 2.45. The van der Waals surface area contributed by atoms with Gasteiger partial charge in [-0.2, -0.15) is 0 Å². The molecule has 0 spiro atoms. The molecular formula is C19H29N3O3. The van der Waals surface area contributed by atoms with Crippen molar-refractivity contribution >= 4 is 5.96 Å². The number of hydrogen-bond acceptors (Lipinski definition) is 4. The van der Waals surface area contributed by atoms with Gasteiger partial charge in [-0.15, -0.1) is 0 Å². The summed E-state index contributed by atoms with van der Waals surface area (Å²) in [6.07, 6.45) is 4.22. The molecule has 0 saturated carbocycles. The molecule has 0 aromatic heterocycles. The molecule has 0 amide bonds. The summed E-state index contributed by atoms with van der Waals surface area (Å²) in [7, 11) is 7.15. The van der Waals surface area contributed by atoms with Crippen LogP contribution in [0.5, 0.6) is 11.5 Å². The van der Waals surface area contributed by atoms with E-state index in [2.05, 4.69) is 21.3 Å². The second-order valence-corrected chi connectivity index (χ2v) is 5.95. The molecule has 6 heteroatoms. The normalized spacial score (nSPS) is 14.7. The van der Waals surface area contributed by atoms with Gasteiger partial charge in [0.25, 0.3) is 0 Å². The van der Waals surface area contributed by atoms with Gasteiger partial charge >= 0.3 is 0 Å². The lowest BCUT2D eigenvalue weighted by Gasteiger charge is -2.23. The summed E-state index contributed by atoms with van der Waals surface area (Å²) in [5.41, 5.74) is 2.54. The first-order valence-electron chi connectivity index (χ1n) is 8.56. The first kappa shape index (κ1) is 19.1. The maximum atomic E-state index is 5.48. The molecule has 2 rings (SSSR count). The zero-order valence-electron chi connectivity index (χ0n) is 15.7. The highest BCUT2D eigenvalue weighted by molar-refractivity contribution is 5.79. The third-order valence-electron chi connectivity index (χ3n) is 4.26. The number of hydrogen-bond donors (Lipinski definition) is 1. The van der Waals surface area contributed by atoms with Crippen molar-refractivity contribution in [2.24, 2.45) is 4.99 Å². The van der Waals surface area contributed by atoms with Gasteiger partial charge in [-0.1, -0.05) is 11.6 Å². The van der Waals surface area contributed by atoms with E-state index in [9.17, 15) is 0 Å². The van der Waals surface area contributed by atoms with Gasteiger partial charge in [-0.25, -0.2) is 0 Å². The lowest BCUT2D eigenvalue weighted by atomic mass is 10.1. The van der Waals surface area contributed by atoms with Crippen LogP contribution in [0.4, 0.5) is 0 Å². The molecule has 1 aromatic carbocycles. The molecule has 1 heterocycles. The second-order valence-electron chi connectivity index (χ2n) is 5.95. The molecule has 0 unspecified atom stereocenters. The average Bonchev–Trinajstić information content (AvgIpc) is 2.66. The van der Waals surface area contributed by atoms with Gasteiger partial charge in [0, 0.05) is 38.8 Å². The zero-order chi connectivity index (χ0) is 18.1. The van der Waals surface area contributed by atoms with Gasteiger partial charge in [0.1, 0.15) is 11.5 Å². The quantitative estimate of drug-likeness (QED) is 0.466. The van der Waals surface area contributed by atoms with E-state index in [4.69, 9.17) is 14.2 Å². The van der Waals surface area contributed by atoms with Crippen LogP contribution in [0, 0.1) is 0 Å². The minimum atomic E-state index is 0.698. The smallest absolute Gasteiger partial charge is 0.193 e. The predicted molar refractivity (Wildman–Crippen MR) is 101 cm³/mol. The van der Waals surface area contributed by atoms with E-state index in [1.807, 2.05) is 25.2 Å². The van der Waals surface area contributed by atoms with Gasteiger partial charge < -0.3 is 24.4 Å². The van der Waals surface area contributed by atoms with Crippen LogP contribution in [0.25, 0.3) is 0 Å². The van der Waals surface area contributed by atoms with Crippen molar-refractivity contribution in [2.75, 3.05) is 48.1 Å². The SMILES string of the molecule is CN=C(NCCC1=CCOCC1)N(C)Cc1ccc(OC)cc1OC. The summed E-state index contributed by atoms with van der Waals surface area (Å²) in [5, 5.41) is 3.43. The molecule has 1 aromatic rings. The van der Waals surface area contributed by atoms with Gasteiger partial charge in [0.2, 0.25) is 0 Å². The molecular weight excluding hydrogens is 318 g/mol. The summed E-state index contributed by atoms with van der Waals surface area (Å²) in [6.45, 7) is 3.13. The molecule has 0 radical (unpaired) electrons. The molecule has 0 bridgehead atoms. The Balaban J connectivity index is 1.91. The van der Waals surface area contributed by atoms with E-state index < -0.39 is 0 Å².